The highest BCUT2D eigenvalue weighted by molar-refractivity contribution is 5.32. The van der Waals surface area contributed by atoms with Crippen LogP contribution in [-0.4, -0.2) is 51.2 Å². The van der Waals surface area contributed by atoms with Crippen molar-refractivity contribution in [2.75, 3.05) is 31.1 Å². The van der Waals surface area contributed by atoms with E-state index in [1.807, 2.05) is 26.8 Å². The van der Waals surface area contributed by atoms with Crippen molar-refractivity contribution < 1.29 is 4.52 Å². The SMILES string of the molecule is Cc1cc(C)nc(N2CCN(Cc3noc(C)n3)CC2)n1. The van der Waals surface area contributed by atoms with Gasteiger partial charge in [-0.15, -0.1) is 0 Å². The fourth-order valence-corrected chi connectivity index (χ4v) is 2.56. The van der Waals surface area contributed by atoms with Gasteiger partial charge < -0.3 is 9.42 Å². The Morgan fingerprint density at radius 3 is 2.24 bits per heavy atom. The number of nitrogens with zero attached hydrogens (tertiary/aromatic N) is 6. The molecule has 112 valence electrons. The highest BCUT2D eigenvalue weighted by Crippen LogP contribution is 2.14. The molecule has 2 aromatic rings. The Morgan fingerprint density at radius 2 is 1.67 bits per heavy atom. The molecule has 1 aliphatic heterocycles. The van der Waals surface area contributed by atoms with Gasteiger partial charge in [0.25, 0.3) is 0 Å². The van der Waals surface area contributed by atoms with Crippen LogP contribution in [0, 0.1) is 20.8 Å². The summed E-state index contributed by atoms with van der Waals surface area (Å²) in [6, 6.07) is 2.00. The lowest BCUT2D eigenvalue weighted by Gasteiger charge is -2.34. The molecule has 3 rings (SSSR count). The van der Waals surface area contributed by atoms with Gasteiger partial charge in [-0.2, -0.15) is 4.98 Å². The maximum Gasteiger partial charge on any atom is 0.225 e. The van der Waals surface area contributed by atoms with E-state index in [9.17, 15) is 0 Å². The Bertz CT molecular complexity index is 597. The van der Waals surface area contributed by atoms with Crippen molar-refractivity contribution in [1.82, 2.24) is 25.0 Å². The summed E-state index contributed by atoms with van der Waals surface area (Å²) >= 11 is 0. The van der Waals surface area contributed by atoms with E-state index in [0.29, 0.717) is 5.89 Å². The first-order valence-corrected chi connectivity index (χ1v) is 7.19. The van der Waals surface area contributed by atoms with E-state index >= 15 is 0 Å². The maximum absolute atomic E-state index is 5.00. The van der Waals surface area contributed by atoms with Crippen molar-refractivity contribution in [1.29, 1.82) is 0 Å². The van der Waals surface area contributed by atoms with Crippen LogP contribution >= 0.6 is 0 Å². The number of aryl methyl sites for hydroxylation is 3. The van der Waals surface area contributed by atoms with Crippen LogP contribution in [0.3, 0.4) is 0 Å². The number of hydrogen-bond donors (Lipinski definition) is 0. The molecule has 7 nitrogen and oxygen atoms in total. The Balaban J connectivity index is 1.59. The van der Waals surface area contributed by atoms with E-state index < -0.39 is 0 Å². The van der Waals surface area contributed by atoms with Gasteiger partial charge >= 0.3 is 0 Å². The summed E-state index contributed by atoms with van der Waals surface area (Å²) in [5.41, 5.74) is 2.03. The average molecular weight is 288 g/mol. The Labute approximate surface area is 124 Å². The van der Waals surface area contributed by atoms with Gasteiger partial charge in [0.05, 0.1) is 6.54 Å². The van der Waals surface area contributed by atoms with E-state index in [-0.39, 0.29) is 0 Å². The van der Waals surface area contributed by atoms with Crippen LogP contribution in [0.1, 0.15) is 23.1 Å². The van der Waals surface area contributed by atoms with Gasteiger partial charge in [-0.1, -0.05) is 5.16 Å². The van der Waals surface area contributed by atoms with Crippen LogP contribution in [0.5, 0.6) is 0 Å². The minimum atomic E-state index is 0.618. The van der Waals surface area contributed by atoms with Gasteiger partial charge in [0.1, 0.15) is 0 Å². The normalized spacial score (nSPS) is 16.4. The molecule has 1 fully saturated rings. The van der Waals surface area contributed by atoms with Gasteiger partial charge in [-0.3, -0.25) is 4.90 Å². The van der Waals surface area contributed by atoms with Crippen LogP contribution < -0.4 is 4.90 Å². The zero-order chi connectivity index (χ0) is 14.8. The first-order chi connectivity index (χ1) is 10.1. The number of aromatic nitrogens is 4. The van der Waals surface area contributed by atoms with E-state index in [1.165, 1.54) is 0 Å². The van der Waals surface area contributed by atoms with E-state index in [4.69, 9.17) is 4.52 Å². The smallest absolute Gasteiger partial charge is 0.225 e. The van der Waals surface area contributed by atoms with E-state index in [2.05, 4.69) is 29.9 Å². The molecule has 1 saturated heterocycles. The zero-order valence-corrected chi connectivity index (χ0v) is 12.7. The molecule has 1 aliphatic rings. The molecule has 3 heterocycles. The summed E-state index contributed by atoms with van der Waals surface area (Å²) in [4.78, 5) is 17.9. The third-order valence-corrected chi connectivity index (χ3v) is 3.56. The van der Waals surface area contributed by atoms with Crippen molar-refractivity contribution in [3.8, 4) is 0 Å². The Morgan fingerprint density at radius 1 is 1.00 bits per heavy atom. The summed E-state index contributed by atoms with van der Waals surface area (Å²) in [7, 11) is 0. The molecule has 21 heavy (non-hydrogen) atoms. The molecule has 0 aliphatic carbocycles. The molecule has 0 atom stereocenters. The molecule has 2 aromatic heterocycles. The fourth-order valence-electron chi connectivity index (χ4n) is 2.56. The number of rotatable bonds is 3. The number of hydrogen-bond acceptors (Lipinski definition) is 7. The molecule has 0 saturated carbocycles. The van der Waals surface area contributed by atoms with Gasteiger partial charge in [0.15, 0.2) is 5.82 Å². The molecule has 0 radical (unpaired) electrons. The second-order valence-corrected chi connectivity index (χ2v) is 5.44. The number of anilines is 1. The summed E-state index contributed by atoms with van der Waals surface area (Å²) in [5.74, 6) is 2.21. The monoisotopic (exact) mass is 288 g/mol. The predicted molar refractivity (Wildman–Crippen MR) is 78.0 cm³/mol. The van der Waals surface area contributed by atoms with Crippen LogP contribution in [0.2, 0.25) is 0 Å². The molecule has 0 amide bonds. The summed E-state index contributed by atoms with van der Waals surface area (Å²) in [5, 5.41) is 3.94. The van der Waals surface area contributed by atoms with Gasteiger partial charge in [0.2, 0.25) is 11.8 Å². The van der Waals surface area contributed by atoms with Crippen LogP contribution in [0.4, 0.5) is 5.95 Å². The molecule has 0 unspecified atom stereocenters. The van der Waals surface area contributed by atoms with Crippen molar-refractivity contribution in [2.45, 2.75) is 27.3 Å². The van der Waals surface area contributed by atoms with Crippen LogP contribution in [0.15, 0.2) is 10.6 Å². The molecule has 0 bridgehead atoms. The molecular formula is C14H20N6O. The van der Waals surface area contributed by atoms with Crippen molar-refractivity contribution in [2.24, 2.45) is 0 Å². The Hall–Kier alpha value is -2.02. The van der Waals surface area contributed by atoms with Crippen molar-refractivity contribution in [3.63, 3.8) is 0 Å². The third-order valence-electron chi connectivity index (χ3n) is 3.56. The molecule has 7 heteroatoms. The topological polar surface area (TPSA) is 71.2 Å². The van der Waals surface area contributed by atoms with Crippen LogP contribution in [0.25, 0.3) is 0 Å². The highest BCUT2D eigenvalue weighted by Gasteiger charge is 2.20. The quantitative estimate of drug-likeness (QED) is 0.837. The molecule has 0 aromatic carbocycles. The van der Waals surface area contributed by atoms with Crippen molar-refractivity contribution >= 4 is 5.95 Å². The lowest BCUT2D eigenvalue weighted by molar-refractivity contribution is 0.239. The highest BCUT2D eigenvalue weighted by atomic mass is 16.5. The standard InChI is InChI=1S/C14H20N6O/c1-10-8-11(2)16-14(15-10)20-6-4-19(5-7-20)9-13-17-12(3)21-18-13/h8H,4-7,9H2,1-3H3. The number of piperazine rings is 1. The second-order valence-electron chi connectivity index (χ2n) is 5.44. The lowest BCUT2D eigenvalue weighted by atomic mass is 10.3. The minimum Gasteiger partial charge on any atom is -0.340 e. The minimum absolute atomic E-state index is 0.618. The van der Waals surface area contributed by atoms with Crippen molar-refractivity contribution in [3.05, 3.63) is 29.2 Å². The van der Waals surface area contributed by atoms with E-state index in [1.54, 1.807) is 0 Å². The molecule has 0 spiro atoms. The largest absolute Gasteiger partial charge is 0.340 e. The van der Waals surface area contributed by atoms with Crippen LogP contribution in [-0.2, 0) is 6.54 Å². The van der Waals surface area contributed by atoms with E-state index in [0.717, 1.165) is 55.9 Å². The van der Waals surface area contributed by atoms with Gasteiger partial charge in [0, 0.05) is 44.5 Å². The predicted octanol–water partition coefficient (Wildman–Crippen LogP) is 1.11. The molecule has 0 N–H and O–H groups in total. The zero-order valence-electron chi connectivity index (χ0n) is 12.7. The second kappa shape index (κ2) is 5.77. The first-order valence-electron chi connectivity index (χ1n) is 7.19. The summed E-state index contributed by atoms with van der Waals surface area (Å²) < 4.78 is 5.00. The maximum atomic E-state index is 5.00. The lowest BCUT2D eigenvalue weighted by Crippen LogP contribution is -2.46. The van der Waals surface area contributed by atoms with Gasteiger partial charge in [-0.25, -0.2) is 9.97 Å². The fraction of sp³-hybridized carbons (Fsp3) is 0.571. The summed E-state index contributed by atoms with van der Waals surface area (Å²) in [6.45, 7) is 10.3. The summed E-state index contributed by atoms with van der Waals surface area (Å²) in [6.07, 6.45) is 0. The average Bonchev–Trinajstić information content (AvgIpc) is 2.84. The van der Waals surface area contributed by atoms with Gasteiger partial charge in [-0.05, 0) is 19.9 Å². The third kappa shape index (κ3) is 3.36. The first kappa shape index (κ1) is 13.9. The Kier molecular flexibility index (Phi) is 3.83. The molecular weight excluding hydrogens is 268 g/mol.